The number of amides is 1. The quantitative estimate of drug-likeness (QED) is 0.318. The topological polar surface area (TPSA) is 105 Å². The fraction of sp³-hybridized carbons (Fsp3) is 0.429. The van der Waals surface area contributed by atoms with Gasteiger partial charge in [-0.3, -0.25) is 0 Å². The molecule has 1 aliphatic carbocycles. The maximum absolute atomic E-state index is 13.7. The number of rotatable bonds is 6. The molecule has 0 saturated heterocycles. The van der Waals surface area contributed by atoms with Gasteiger partial charge in [0.05, 0.1) is 20.7 Å². The monoisotopic (exact) mass is 602 g/mol. The van der Waals surface area contributed by atoms with Gasteiger partial charge in [-0.1, -0.05) is 23.8 Å². The Morgan fingerprint density at radius 1 is 1.18 bits per heavy atom. The molecular formula is C28H35BrN4O4S. The molecule has 0 bridgehead atoms. The molecule has 0 unspecified atom stereocenters. The summed E-state index contributed by atoms with van der Waals surface area (Å²) in [5.41, 5.74) is 2.16. The molecule has 1 fully saturated rings. The molecule has 0 spiro atoms. The molecule has 204 valence electrons. The molecule has 1 aromatic carbocycles. The minimum Gasteiger partial charge on any atom is -0.465 e. The molecule has 2 aromatic heterocycles. The largest absolute Gasteiger partial charge is 0.465 e. The lowest BCUT2D eigenvalue weighted by Gasteiger charge is -2.43. The molecule has 8 nitrogen and oxygen atoms in total. The lowest BCUT2D eigenvalue weighted by molar-refractivity contribution is 0.0557. The van der Waals surface area contributed by atoms with Crippen LogP contribution < -0.4 is 5.32 Å². The van der Waals surface area contributed by atoms with Crippen LogP contribution in [0.15, 0.2) is 52.0 Å². The summed E-state index contributed by atoms with van der Waals surface area (Å²) in [6, 6.07) is 8.73. The minimum absolute atomic E-state index is 0.0338. The van der Waals surface area contributed by atoms with Gasteiger partial charge in [0.1, 0.15) is 0 Å². The fourth-order valence-corrected chi connectivity index (χ4v) is 7.18. The molecular weight excluding hydrogens is 568 g/mol. The molecule has 2 N–H and O–H groups in total. The molecule has 4 rings (SSSR count). The highest BCUT2D eigenvalue weighted by Gasteiger charge is 2.36. The summed E-state index contributed by atoms with van der Waals surface area (Å²) in [5, 5.41) is 14.1. The van der Waals surface area contributed by atoms with E-state index in [1.807, 2.05) is 46.8 Å². The van der Waals surface area contributed by atoms with Crippen LogP contribution in [-0.2, 0) is 10.0 Å². The molecule has 0 aliphatic heterocycles. The van der Waals surface area contributed by atoms with E-state index >= 15 is 0 Å². The lowest BCUT2D eigenvalue weighted by Crippen LogP contribution is -2.52. The smallest absolute Gasteiger partial charge is 0.407 e. The van der Waals surface area contributed by atoms with E-state index < -0.39 is 21.7 Å². The Kier molecular flexibility index (Phi) is 7.95. The Morgan fingerprint density at radius 2 is 1.82 bits per heavy atom. The number of aryl methyl sites for hydroxylation is 1. The second kappa shape index (κ2) is 10.7. The first-order chi connectivity index (χ1) is 17.8. The van der Waals surface area contributed by atoms with Crippen LogP contribution in [0.5, 0.6) is 0 Å². The van der Waals surface area contributed by atoms with E-state index in [4.69, 9.17) is 0 Å². The highest BCUT2D eigenvalue weighted by atomic mass is 79.9. The third-order valence-corrected chi connectivity index (χ3v) is 9.34. The van der Waals surface area contributed by atoms with Gasteiger partial charge < -0.3 is 15.3 Å². The van der Waals surface area contributed by atoms with Crippen molar-refractivity contribution in [1.29, 1.82) is 0 Å². The molecule has 10 heteroatoms. The fourth-order valence-electron chi connectivity index (χ4n) is 5.29. The molecule has 0 radical (unpaired) electrons. The van der Waals surface area contributed by atoms with Gasteiger partial charge in [0.25, 0.3) is 10.0 Å². The number of pyridine rings is 1. The highest BCUT2D eigenvalue weighted by molar-refractivity contribution is 9.10. The van der Waals surface area contributed by atoms with Gasteiger partial charge in [0.15, 0.2) is 5.65 Å². The summed E-state index contributed by atoms with van der Waals surface area (Å²) >= 11 is 3.61. The van der Waals surface area contributed by atoms with Crippen LogP contribution in [-0.4, -0.2) is 51.1 Å². The second-order valence-electron chi connectivity index (χ2n) is 10.8. The normalized spacial score (nSPS) is 18.7. The summed E-state index contributed by atoms with van der Waals surface area (Å²) in [5.74, 6) is 0. The molecule has 1 saturated carbocycles. The zero-order valence-electron chi connectivity index (χ0n) is 22.4. The van der Waals surface area contributed by atoms with Crippen molar-refractivity contribution in [2.45, 2.75) is 82.8 Å². The summed E-state index contributed by atoms with van der Waals surface area (Å²) in [6.07, 6.45) is 7.41. The molecule has 2 heterocycles. The van der Waals surface area contributed by atoms with Crippen LogP contribution in [0.2, 0.25) is 0 Å². The SMILES string of the molecule is C/C=C/c1cc2c(N[C@H]3CC[C@H](N(C(=O)O)C(C)(C)C)CC3)c(Br)cnc2n1S(=O)(=O)c1ccc(C)cc1. The predicted octanol–water partition coefficient (Wildman–Crippen LogP) is 6.88. The summed E-state index contributed by atoms with van der Waals surface area (Å²) < 4.78 is 29.5. The average molecular weight is 604 g/mol. The summed E-state index contributed by atoms with van der Waals surface area (Å²) in [4.78, 5) is 18.2. The molecule has 1 amide bonds. The number of carboxylic acid groups (broad SMARTS) is 1. The van der Waals surface area contributed by atoms with Gasteiger partial charge in [0, 0.05) is 29.2 Å². The van der Waals surface area contributed by atoms with Crippen molar-refractivity contribution in [3.05, 3.63) is 58.3 Å². The maximum Gasteiger partial charge on any atom is 0.407 e. The number of aromatic nitrogens is 2. The number of anilines is 1. The summed E-state index contributed by atoms with van der Waals surface area (Å²) in [6.45, 7) is 9.54. The Bertz CT molecular complexity index is 1470. The highest BCUT2D eigenvalue weighted by Crippen LogP contribution is 2.37. The van der Waals surface area contributed by atoms with Crippen LogP contribution in [0, 0.1) is 6.92 Å². The number of benzene rings is 1. The lowest BCUT2D eigenvalue weighted by atomic mass is 9.88. The van der Waals surface area contributed by atoms with Crippen molar-refractivity contribution in [1.82, 2.24) is 13.9 Å². The van der Waals surface area contributed by atoms with Crippen molar-refractivity contribution < 1.29 is 18.3 Å². The van der Waals surface area contributed by atoms with Gasteiger partial charge >= 0.3 is 6.09 Å². The molecule has 38 heavy (non-hydrogen) atoms. The minimum atomic E-state index is -3.89. The molecule has 3 aromatic rings. The third kappa shape index (κ3) is 5.47. The second-order valence-corrected chi connectivity index (χ2v) is 13.5. The van der Waals surface area contributed by atoms with E-state index in [2.05, 4.69) is 26.2 Å². The van der Waals surface area contributed by atoms with Gasteiger partial charge in [-0.05, 0) is 101 Å². The number of fused-ring (bicyclic) bond motifs is 1. The van der Waals surface area contributed by atoms with Gasteiger partial charge in [-0.2, -0.15) is 0 Å². The van der Waals surface area contributed by atoms with Crippen LogP contribution in [0.4, 0.5) is 10.5 Å². The number of hydrogen-bond donors (Lipinski definition) is 2. The summed E-state index contributed by atoms with van der Waals surface area (Å²) in [7, 11) is -3.89. The Balaban J connectivity index is 1.69. The predicted molar refractivity (Wildman–Crippen MR) is 155 cm³/mol. The van der Waals surface area contributed by atoms with E-state index in [9.17, 15) is 18.3 Å². The van der Waals surface area contributed by atoms with Crippen LogP contribution in [0.1, 0.15) is 64.6 Å². The van der Waals surface area contributed by atoms with Gasteiger partial charge in [-0.15, -0.1) is 0 Å². The van der Waals surface area contributed by atoms with E-state index in [-0.39, 0.29) is 17.0 Å². The number of nitrogens with zero attached hydrogens (tertiary/aromatic N) is 3. The Hall–Kier alpha value is -2.85. The Morgan fingerprint density at radius 3 is 2.37 bits per heavy atom. The van der Waals surface area contributed by atoms with Crippen LogP contribution >= 0.6 is 15.9 Å². The van der Waals surface area contributed by atoms with Gasteiger partial charge in [-0.25, -0.2) is 22.2 Å². The van der Waals surface area contributed by atoms with E-state index in [0.29, 0.717) is 16.7 Å². The number of carbonyl (C=O) groups is 1. The number of halogens is 1. The van der Waals surface area contributed by atoms with Crippen LogP contribution in [0.25, 0.3) is 17.1 Å². The zero-order chi connectivity index (χ0) is 27.8. The van der Waals surface area contributed by atoms with Crippen molar-refractivity contribution in [2.75, 3.05) is 5.32 Å². The van der Waals surface area contributed by atoms with E-state index in [1.54, 1.807) is 41.4 Å². The number of hydrogen-bond acceptors (Lipinski definition) is 5. The van der Waals surface area contributed by atoms with E-state index in [0.717, 1.165) is 41.4 Å². The first-order valence-electron chi connectivity index (χ1n) is 12.8. The van der Waals surface area contributed by atoms with Crippen molar-refractivity contribution in [3.63, 3.8) is 0 Å². The number of allylic oxidation sites excluding steroid dienone is 1. The maximum atomic E-state index is 13.7. The van der Waals surface area contributed by atoms with Crippen molar-refractivity contribution in [3.8, 4) is 0 Å². The Labute approximate surface area is 232 Å². The first kappa shape index (κ1) is 28.2. The average Bonchev–Trinajstić information content (AvgIpc) is 3.20. The standard InChI is InChI=1S/C28H35BrN4O4S/c1-6-7-21-16-23-25(31-19-10-12-20(13-11-19)32(27(34)35)28(3,4)5)24(29)17-30-26(23)33(21)38(36,37)22-14-8-18(2)9-15-22/h6-9,14-17,19-20H,10-13H2,1-5H3,(H,30,31)(H,34,35)/b7-6+/t19-,20-. The van der Waals surface area contributed by atoms with E-state index in [1.165, 1.54) is 3.97 Å². The molecule has 0 atom stereocenters. The third-order valence-electron chi connectivity index (χ3n) is 7.00. The first-order valence-corrected chi connectivity index (χ1v) is 15.0. The zero-order valence-corrected chi connectivity index (χ0v) is 24.8. The number of nitrogens with one attached hydrogen (secondary N) is 1. The van der Waals surface area contributed by atoms with Crippen molar-refractivity contribution in [2.24, 2.45) is 0 Å². The van der Waals surface area contributed by atoms with Crippen LogP contribution in [0.3, 0.4) is 0 Å². The van der Waals surface area contributed by atoms with Gasteiger partial charge in [0.2, 0.25) is 0 Å². The van der Waals surface area contributed by atoms with Crippen molar-refractivity contribution >= 4 is 54.8 Å². The molecule has 1 aliphatic rings.